The molecule has 78 valence electrons. The van der Waals surface area contributed by atoms with Crippen molar-refractivity contribution in [1.82, 2.24) is 19.8 Å². The van der Waals surface area contributed by atoms with Crippen LogP contribution in [0.5, 0.6) is 0 Å². The van der Waals surface area contributed by atoms with E-state index in [2.05, 4.69) is 22.2 Å². The molecule has 1 fully saturated rings. The van der Waals surface area contributed by atoms with Crippen LogP contribution in [0, 0.1) is 0 Å². The fourth-order valence-corrected chi connectivity index (χ4v) is 2.45. The van der Waals surface area contributed by atoms with Crippen LogP contribution in [0.3, 0.4) is 0 Å². The van der Waals surface area contributed by atoms with Gasteiger partial charge in [-0.2, -0.15) is 9.61 Å². The molecule has 2 aromatic heterocycles. The van der Waals surface area contributed by atoms with Gasteiger partial charge in [-0.05, 0) is 25.0 Å². The van der Waals surface area contributed by atoms with Crippen LogP contribution >= 0.6 is 11.8 Å². The fraction of sp³-hybridized carbons (Fsp3) is 0.500. The lowest BCUT2D eigenvalue weighted by Crippen LogP contribution is -1.98. The van der Waals surface area contributed by atoms with E-state index < -0.39 is 0 Å². The Hall–Kier alpha value is -1.10. The molecule has 15 heavy (non-hydrogen) atoms. The zero-order chi connectivity index (χ0) is 10.3. The smallest absolute Gasteiger partial charge is 0.177 e. The molecule has 1 saturated carbocycles. The van der Waals surface area contributed by atoms with Crippen molar-refractivity contribution < 1.29 is 0 Å². The summed E-state index contributed by atoms with van der Waals surface area (Å²) in [7, 11) is 0. The molecule has 0 saturated heterocycles. The normalized spacial score (nSPS) is 16.1. The minimum atomic E-state index is 0.788. The molecule has 0 atom stereocenters. The summed E-state index contributed by atoms with van der Waals surface area (Å²) >= 11 is 1.86. The summed E-state index contributed by atoms with van der Waals surface area (Å²) in [6.45, 7) is 2.07. The molecule has 4 nitrogen and oxygen atoms in total. The van der Waals surface area contributed by atoms with E-state index in [1.165, 1.54) is 12.8 Å². The number of hydrogen-bond donors (Lipinski definition) is 0. The van der Waals surface area contributed by atoms with Crippen molar-refractivity contribution in [2.45, 2.75) is 36.5 Å². The molecule has 0 aromatic carbocycles. The Labute approximate surface area is 92.1 Å². The molecule has 3 rings (SSSR count). The van der Waals surface area contributed by atoms with E-state index in [1.807, 2.05) is 28.4 Å². The summed E-state index contributed by atoms with van der Waals surface area (Å²) in [5.74, 6) is 0.934. The molecule has 1 aliphatic rings. The van der Waals surface area contributed by atoms with Gasteiger partial charge >= 0.3 is 0 Å². The van der Waals surface area contributed by atoms with E-state index in [9.17, 15) is 0 Å². The molecule has 5 heteroatoms. The van der Waals surface area contributed by atoms with Crippen LogP contribution in [-0.4, -0.2) is 25.1 Å². The average molecular weight is 220 g/mol. The number of nitrogens with zero attached hydrogens (tertiary/aromatic N) is 4. The van der Waals surface area contributed by atoms with Crippen LogP contribution in [0.15, 0.2) is 17.2 Å². The predicted octanol–water partition coefficient (Wildman–Crippen LogP) is 1.94. The lowest BCUT2D eigenvalue weighted by molar-refractivity contribution is 0.783. The van der Waals surface area contributed by atoms with Crippen LogP contribution in [0.4, 0.5) is 0 Å². The third kappa shape index (κ3) is 1.71. The largest absolute Gasteiger partial charge is 0.196 e. The summed E-state index contributed by atoms with van der Waals surface area (Å²) in [6, 6.07) is 4.02. The third-order valence-corrected chi connectivity index (χ3v) is 3.69. The SMILES string of the molecule is CCc1nnc2ccc(SC3CC3)nn12. The maximum absolute atomic E-state index is 4.54. The summed E-state index contributed by atoms with van der Waals surface area (Å²) in [5.41, 5.74) is 0.840. The molecule has 2 aromatic rings. The first-order valence-corrected chi connectivity index (χ1v) is 6.13. The topological polar surface area (TPSA) is 43.1 Å². The molecular weight excluding hydrogens is 208 g/mol. The quantitative estimate of drug-likeness (QED) is 0.793. The van der Waals surface area contributed by atoms with Crippen molar-refractivity contribution in [3.63, 3.8) is 0 Å². The van der Waals surface area contributed by atoms with Crippen molar-refractivity contribution in [1.29, 1.82) is 0 Å². The average Bonchev–Trinajstić information content (AvgIpc) is 2.97. The van der Waals surface area contributed by atoms with Crippen molar-refractivity contribution >= 4 is 17.4 Å². The third-order valence-electron chi connectivity index (χ3n) is 2.43. The van der Waals surface area contributed by atoms with E-state index in [0.717, 1.165) is 28.2 Å². The highest BCUT2D eigenvalue weighted by Gasteiger charge is 2.23. The van der Waals surface area contributed by atoms with Gasteiger partial charge in [0.25, 0.3) is 0 Å². The van der Waals surface area contributed by atoms with E-state index in [-0.39, 0.29) is 0 Å². The maximum atomic E-state index is 4.54. The minimum absolute atomic E-state index is 0.788. The van der Waals surface area contributed by atoms with Gasteiger partial charge in [0.1, 0.15) is 5.03 Å². The summed E-state index contributed by atoms with van der Waals surface area (Å²) < 4.78 is 1.85. The first kappa shape index (κ1) is 9.15. The van der Waals surface area contributed by atoms with Gasteiger partial charge in [0.05, 0.1) is 0 Å². The highest BCUT2D eigenvalue weighted by molar-refractivity contribution is 8.00. The van der Waals surface area contributed by atoms with Crippen LogP contribution in [0.1, 0.15) is 25.6 Å². The molecule has 0 amide bonds. The zero-order valence-electron chi connectivity index (χ0n) is 8.55. The van der Waals surface area contributed by atoms with Gasteiger partial charge in [0, 0.05) is 11.7 Å². The fourth-order valence-electron chi connectivity index (χ4n) is 1.46. The Kier molecular flexibility index (Phi) is 2.12. The van der Waals surface area contributed by atoms with Gasteiger partial charge in [-0.1, -0.05) is 6.92 Å². The van der Waals surface area contributed by atoms with Crippen molar-refractivity contribution in [2.75, 3.05) is 0 Å². The highest BCUT2D eigenvalue weighted by atomic mass is 32.2. The number of fused-ring (bicyclic) bond motifs is 1. The minimum Gasteiger partial charge on any atom is -0.196 e. The van der Waals surface area contributed by atoms with Crippen molar-refractivity contribution in [3.05, 3.63) is 18.0 Å². The molecule has 0 spiro atoms. The van der Waals surface area contributed by atoms with E-state index >= 15 is 0 Å². The van der Waals surface area contributed by atoms with Crippen molar-refractivity contribution in [2.24, 2.45) is 0 Å². The summed E-state index contributed by atoms with van der Waals surface area (Å²) in [4.78, 5) is 0. The highest BCUT2D eigenvalue weighted by Crippen LogP contribution is 2.38. The van der Waals surface area contributed by atoms with Crippen LogP contribution in [0.2, 0.25) is 0 Å². The molecule has 1 aliphatic carbocycles. The lowest BCUT2D eigenvalue weighted by Gasteiger charge is -1.99. The molecule has 0 unspecified atom stereocenters. The number of aryl methyl sites for hydroxylation is 1. The molecule has 2 heterocycles. The van der Waals surface area contributed by atoms with Crippen molar-refractivity contribution in [3.8, 4) is 0 Å². The Morgan fingerprint density at radius 2 is 2.27 bits per heavy atom. The molecular formula is C10H12N4S. The summed E-state index contributed by atoms with van der Waals surface area (Å²) in [6.07, 6.45) is 3.52. The molecule has 0 bridgehead atoms. The first-order chi connectivity index (χ1) is 7.36. The second-order valence-electron chi connectivity index (χ2n) is 3.73. The van der Waals surface area contributed by atoms with Gasteiger partial charge < -0.3 is 0 Å². The van der Waals surface area contributed by atoms with Crippen LogP contribution in [0.25, 0.3) is 5.65 Å². The van der Waals surface area contributed by atoms with E-state index in [1.54, 1.807) is 0 Å². The standard InChI is InChI=1S/C10H12N4S/c1-2-8-11-12-9-5-6-10(13-14(8)9)15-7-3-4-7/h5-7H,2-4H2,1H3. The molecule has 0 aliphatic heterocycles. The van der Waals surface area contributed by atoms with E-state index in [4.69, 9.17) is 0 Å². The Balaban J connectivity index is 2.01. The van der Waals surface area contributed by atoms with Gasteiger partial charge in [0.2, 0.25) is 0 Å². The Morgan fingerprint density at radius 1 is 1.40 bits per heavy atom. The number of thioether (sulfide) groups is 1. The Morgan fingerprint density at radius 3 is 3.00 bits per heavy atom. The number of aromatic nitrogens is 4. The summed E-state index contributed by atoms with van der Waals surface area (Å²) in [5, 5.41) is 14.6. The first-order valence-electron chi connectivity index (χ1n) is 5.25. The number of hydrogen-bond acceptors (Lipinski definition) is 4. The zero-order valence-corrected chi connectivity index (χ0v) is 9.37. The second-order valence-corrected chi connectivity index (χ2v) is 5.05. The van der Waals surface area contributed by atoms with Gasteiger partial charge in [-0.15, -0.1) is 22.0 Å². The monoisotopic (exact) mass is 220 g/mol. The molecule has 0 radical (unpaired) electrons. The predicted molar refractivity (Wildman–Crippen MR) is 59.0 cm³/mol. The van der Waals surface area contributed by atoms with Gasteiger partial charge in [-0.25, -0.2) is 0 Å². The van der Waals surface area contributed by atoms with Gasteiger partial charge in [-0.3, -0.25) is 0 Å². The van der Waals surface area contributed by atoms with Crippen LogP contribution in [-0.2, 0) is 6.42 Å². The van der Waals surface area contributed by atoms with E-state index in [0.29, 0.717) is 0 Å². The maximum Gasteiger partial charge on any atom is 0.177 e. The lowest BCUT2D eigenvalue weighted by atomic mass is 10.5. The number of rotatable bonds is 3. The van der Waals surface area contributed by atoms with Gasteiger partial charge in [0.15, 0.2) is 11.5 Å². The second kappa shape index (κ2) is 3.48. The molecule has 0 N–H and O–H groups in total. The Bertz CT molecular complexity index is 489. The van der Waals surface area contributed by atoms with Crippen LogP contribution < -0.4 is 0 Å².